The van der Waals surface area contributed by atoms with E-state index in [1.54, 1.807) is 7.05 Å². The Hall–Kier alpha value is -1.22. The summed E-state index contributed by atoms with van der Waals surface area (Å²) >= 11 is 0. The number of hydrogen-bond donors (Lipinski definition) is 2. The van der Waals surface area contributed by atoms with E-state index in [1.807, 2.05) is 18.2 Å². The van der Waals surface area contributed by atoms with Gasteiger partial charge in [-0.1, -0.05) is 13.0 Å². The lowest BCUT2D eigenvalue weighted by atomic mass is 10.2. The summed E-state index contributed by atoms with van der Waals surface area (Å²) in [6, 6.07) is 6.54. The second kappa shape index (κ2) is 10.6. The van der Waals surface area contributed by atoms with Gasteiger partial charge in [-0.3, -0.25) is 9.89 Å². The number of likely N-dealkylation sites (N-methyl/N-ethyl adjacent to an activating group) is 1. The van der Waals surface area contributed by atoms with E-state index in [4.69, 9.17) is 9.47 Å². The summed E-state index contributed by atoms with van der Waals surface area (Å²) < 4.78 is 10.7. The molecule has 0 fully saturated rings. The minimum atomic E-state index is 0. The molecule has 2 N–H and O–H groups in total. The van der Waals surface area contributed by atoms with Gasteiger partial charge in [0, 0.05) is 32.7 Å². The molecule has 1 aliphatic rings. The van der Waals surface area contributed by atoms with Crippen molar-refractivity contribution in [1.82, 2.24) is 15.5 Å². The van der Waals surface area contributed by atoms with Gasteiger partial charge in [0.25, 0.3) is 0 Å². The first-order valence-corrected chi connectivity index (χ1v) is 8.21. The van der Waals surface area contributed by atoms with Crippen LogP contribution < -0.4 is 20.1 Å². The number of nitrogens with zero attached hydrogens (tertiary/aromatic N) is 2. The van der Waals surface area contributed by atoms with Gasteiger partial charge in [-0.2, -0.15) is 0 Å². The summed E-state index contributed by atoms with van der Waals surface area (Å²) in [6.07, 6.45) is 0. The van der Waals surface area contributed by atoms with Crippen LogP contribution in [0.1, 0.15) is 26.3 Å². The molecule has 1 aromatic rings. The predicted octanol–water partition coefficient (Wildman–Crippen LogP) is 2.43. The molecule has 1 aromatic carbocycles. The maximum absolute atomic E-state index is 5.40. The average Bonchev–Trinajstić information content (AvgIpc) is 3.01. The third kappa shape index (κ3) is 6.01. The van der Waals surface area contributed by atoms with Gasteiger partial charge in [-0.15, -0.1) is 24.0 Å². The predicted molar refractivity (Wildman–Crippen MR) is 109 cm³/mol. The van der Waals surface area contributed by atoms with Gasteiger partial charge in [0.05, 0.1) is 0 Å². The van der Waals surface area contributed by atoms with Crippen molar-refractivity contribution in [1.29, 1.82) is 0 Å². The fourth-order valence-electron chi connectivity index (χ4n) is 2.56. The lowest BCUT2D eigenvalue weighted by Crippen LogP contribution is -2.42. The fraction of sp³-hybridized carbons (Fsp3) is 0.588. The van der Waals surface area contributed by atoms with Crippen molar-refractivity contribution in [2.75, 3.05) is 33.5 Å². The molecule has 1 heterocycles. The smallest absolute Gasteiger partial charge is 0.231 e. The molecule has 0 spiro atoms. The van der Waals surface area contributed by atoms with E-state index in [1.165, 1.54) is 0 Å². The zero-order valence-corrected chi connectivity index (χ0v) is 17.3. The van der Waals surface area contributed by atoms with E-state index < -0.39 is 0 Å². The van der Waals surface area contributed by atoms with Gasteiger partial charge in [0.1, 0.15) is 0 Å². The zero-order valence-electron chi connectivity index (χ0n) is 15.0. The fourth-order valence-corrected chi connectivity index (χ4v) is 2.56. The third-order valence-corrected chi connectivity index (χ3v) is 3.95. The molecular weight excluding hydrogens is 419 g/mol. The highest BCUT2D eigenvalue weighted by molar-refractivity contribution is 14.0. The number of aliphatic imine (C=N–C) groups is 1. The van der Waals surface area contributed by atoms with Crippen LogP contribution in [0, 0.1) is 0 Å². The van der Waals surface area contributed by atoms with E-state index in [-0.39, 0.29) is 24.0 Å². The Bertz CT molecular complexity index is 537. The molecule has 0 saturated carbocycles. The quantitative estimate of drug-likeness (QED) is 0.381. The number of fused-ring (bicyclic) bond motifs is 1. The second-order valence-corrected chi connectivity index (χ2v) is 5.76. The molecule has 0 saturated heterocycles. The Morgan fingerprint density at radius 1 is 1.25 bits per heavy atom. The third-order valence-electron chi connectivity index (χ3n) is 3.95. The summed E-state index contributed by atoms with van der Waals surface area (Å²) in [6.45, 7) is 10.5. The highest BCUT2D eigenvalue weighted by Gasteiger charge is 2.13. The van der Waals surface area contributed by atoms with Gasteiger partial charge in [0.15, 0.2) is 17.5 Å². The first-order chi connectivity index (χ1) is 11.1. The average molecular weight is 448 g/mol. The Balaban J connectivity index is 0.00000288. The van der Waals surface area contributed by atoms with E-state index >= 15 is 0 Å². The molecule has 7 heteroatoms. The van der Waals surface area contributed by atoms with Crippen LogP contribution in [0.25, 0.3) is 0 Å². The molecule has 0 radical (unpaired) electrons. The van der Waals surface area contributed by atoms with Gasteiger partial charge < -0.3 is 20.1 Å². The number of guanidine groups is 1. The maximum atomic E-state index is 5.40. The van der Waals surface area contributed by atoms with Crippen molar-refractivity contribution in [3.05, 3.63) is 23.8 Å². The van der Waals surface area contributed by atoms with Crippen LogP contribution >= 0.6 is 24.0 Å². The molecule has 0 atom stereocenters. The normalized spacial score (nSPS) is 13.2. The molecule has 0 amide bonds. The number of benzene rings is 1. The number of ether oxygens (including phenoxy) is 2. The van der Waals surface area contributed by atoms with Crippen molar-refractivity contribution in [3.63, 3.8) is 0 Å². The molecular formula is C17H29IN4O2. The molecule has 136 valence electrons. The van der Waals surface area contributed by atoms with Crippen molar-refractivity contribution in [3.8, 4) is 11.5 Å². The van der Waals surface area contributed by atoms with Crippen LogP contribution in [0.15, 0.2) is 23.2 Å². The number of hydrogen-bond acceptors (Lipinski definition) is 4. The molecule has 0 bridgehead atoms. The summed E-state index contributed by atoms with van der Waals surface area (Å²) in [7, 11) is 1.79. The topological polar surface area (TPSA) is 58.1 Å². The Morgan fingerprint density at radius 3 is 2.67 bits per heavy atom. The lowest BCUT2D eigenvalue weighted by molar-refractivity contribution is 0.174. The number of rotatable bonds is 7. The summed E-state index contributed by atoms with van der Waals surface area (Å²) in [5, 5.41) is 6.67. The first-order valence-electron chi connectivity index (χ1n) is 8.21. The van der Waals surface area contributed by atoms with E-state index in [0.29, 0.717) is 19.4 Å². The molecule has 24 heavy (non-hydrogen) atoms. The van der Waals surface area contributed by atoms with E-state index in [2.05, 4.69) is 41.3 Å². The minimum absolute atomic E-state index is 0. The van der Waals surface area contributed by atoms with Crippen LogP contribution in [0.3, 0.4) is 0 Å². The SMILES string of the molecule is CCN(CCNC(=NC)NCc1ccc2c(c1)OCO2)C(C)C.I. The highest BCUT2D eigenvalue weighted by Crippen LogP contribution is 2.32. The summed E-state index contributed by atoms with van der Waals surface area (Å²) in [4.78, 5) is 6.68. The van der Waals surface area contributed by atoms with Crippen LogP contribution in [-0.2, 0) is 6.54 Å². The van der Waals surface area contributed by atoms with Crippen LogP contribution in [0.2, 0.25) is 0 Å². The maximum Gasteiger partial charge on any atom is 0.231 e. The largest absolute Gasteiger partial charge is 0.454 e. The van der Waals surface area contributed by atoms with E-state index in [0.717, 1.165) is 42.7 Å². The van der Waals surface area contributed by atoms with Gasteiger partial charge >= 0.3 is 0 Å². The minimum Gasteiger partial charge on any atom is -0.454 e. The molecule has 2 rings (SSSR count). The second-order valence-electron chi connectivity index (χ2n) is 5.76. The molecule has 0 aliphatic carbocycles. The number of halogens is 1. The molecule has 6 nitrogen and oxygen atoms in total. The van der Waals surface area contributed by atoms with Crippen molar-refractivity contribution in [2.24, 2.45) is 4.99 Å². The Labute approximate surface area is 162 Å². The summed E-state index contributed by atoms with van der Waals surface area (Å²) in [5.74, 6) is 2.43. The standard InChI is InChI=1S/C17H28N4O2.HI/c1-5-21(13(2)3)9-8-19-17(18-4)20-11-14-6-7-15-16(10-14)23-12-22-15;/h6-7,10,13H,5,8-9,11-12H2,1-4H3,(H2,18,19,20);1H. The van der Waals surface area contributed by atoms with Crippen LogP contribution in [0.5, 0.6) is 11.5 Å². The number of nitrogens with one attached hydrogen (secondary N) is 2. The molecule has 0 unspecified atom stereocenters. The molecule has 1 aliphatic heterocycles. The zero-order chi connectivity index (χ0) is 16.7. The van der Waals surface area contributed by atoms with Crippen molar-refractivity contribution < 1.29 is 9.47 Å². The van der Waals surface area contributed by atoms with Crippen molar-refractivity contribution >= 4 is 29.9 Å². The van der Waals surface area contributed by atoms with Gasteiger partial charge in [-0.05, 0) is 38.1 Å². The van der Waals surface area contributed by atoms with Gasteiger partial charge in [-0.25, -0.2) is 0 Å². The molecule has 0 aromatic heterocycles. The first kappa shape index (κ1) is 20.8. The van der Waals surface area contributed by atoms with E-state index in [9.17, 15) is 0 Å². The van der Waals surface area contributed by atoms with Crippen molar-refractivity contribution in [2.45, 2.75) is 33.4 Å². The Kier molecular flexibility index (Phi) is 9.20. The monoisotopic (exact) mass is 448 g/mol. The highest BCUT2D eigenvalue weighted by atomic mass is 127. The van der Waals surface area contributed by atoms with Gasteiger partial charge in [0.2, 0.25) is 6.79 Å². The van der Waals surface area contributed by atoms with Crippen LogP contribution in [0.4, 0.5) is 0 Å². The summed E-state index contributed by atoms with van der Waals surface area (Å²) in [5.41, 5.74) is 1.13. The lowest BCUT2D eigenvalue weighted by Gasteiger charge is -2.25. The Morgan fingerprint density at radius 2 is 2.00 bits per heavy atom. The van der Waals surface area contributed by atoms with Crippen LogP contribution in [-0.4, -0.2) is 50.4 Å².